The van der Waals surface area contributed by atoms with Crippen LogP contribution in [0.3, 0.4) is 0 Å². The van der Waals surface area contributed by atoms with Crippen molar-refractivity contribution in [2.45, 2.75) is 25.4 Å². The lowest BCUT2D eigenvalue weighted by Gasteiger charge is -2.16. The van der Waals surface area contributed by atoms with Crippen molar-refractivity contribution in [2.75, 3.05) is 13.1 Å². The molecular formula is C25H24ClFN2O. The molecule has 1 N–H and O–H groups in total. The molecule has 0 saturated carbocycles. The van der Waals surface area contributed by atoms with E-state index in [4.69, 9.17) is 11.6 Å². The van der Waals surface area contributed by atoms with E-state index in [1.165, 1.54) is 17.7 Å². The van der Waals surface area contributed by atoms with Gasteiger partial charge < -0.3 is 5.32 Å². The van der Waals surface area contributed by atoms with Crippen LogP contribution in [0, 0.1) is 5.82 Å². The number of amides is 1. The van der Waals surface area contributed by atoms with E-state index in [2.05, 4.69) is 34.5 Å². The fraction of sp³-hybridized carbons (Fsp3) is 0.240. The molecule has 0 aromatic heterocycles. The van der Waals surface area contributed by atoms with Crippen molar-refractivity contribution >= 4 is 17.5 Å². The van der Waals surface area contributed by atoms with Crippen molar-refractivity contribution in [3.05, 3.63) is 106 Å². The molecule has 1 amide bonds. The zero-order valence-electron chi connectivity index (χ0n) is 16.7. The zero-order valence-corrected chi connectivity index (χ0v) is 17.4. The van der Waals surface area contributed by atoms with E-state index in [1.54, 1.807) is 24.3 Å². The van der Waals surface area contributed by atoms with Crippen LogP contribution >= 0.6 is 11.6 Å². The van der Waals surface area contributed by atoms with Crippen LogP contribution in [0.25, 0.3) is 0 Å². The lowest BCUT2D eigenvalue weighted by molar-refractivity contribution is 0.0951. The maximum absolute atomic E-state index is 13.1. The summed E-state index contributed by atoms with van der Waals surface area (Å²) < 4.78 is 13.1. The Labute approximate surface area is 181 Å². The Balaban J connectivity index is 1.28. The summed E-state index contributed by atoms with van der Waals surface area (Å²) in [6.45, 7) is 3.39. The van der Waals surface area contributed by atoms with Gasteiger partial charge in [0.05, 0.1) is 0 Å². The second-order valence-corrected chi connectivity index (χ2v) is 8.21. The third kappa shape index (κ3) is 5.26. The molecule has 154 valence electrons. The maximum Gasteiger partial charge on any atom is 0.251 e. The Kier molecular flexibility index (Phi) is 6.46. The summed E-state index contributed by atoms with van der Waals surface area (Å²) in [6.07, 6.45) is 1.12. The summed E-state index contributed by atoms with van der Waals surface area (Å²) >= 11 is 5.86. The molecular weight excluding hydrogens is 399 g/mol. The van der Waals surface area contributed by atoms with Gasteiger partial charge in [-0.15, -0.1) is 0 Å². The lowest BCUT2D eigenvalue weighted by Crippen LogP contribution is -2.22. The standard InChI is InChI=1S/C25H24ClFN2O/c26-23-9-7-21(8-10-23)25(30)28-15-18-1-5-20(6-2-18)22-13-14-29(17-22)16-19-3-11-24(27)12-4-19/h1-12,22H,13-17H2,(H,28,30). The Morgan fingerprint density at radius 3 is 2.33 bits per heavy atom. The molecule has 3 nitrogen and oxygen atoms in total. The molecule has 5 heteroatoms. The average molecular weight is 423 g/mol. The molecule has 0 radical (unpaired) electrons. The fourth-order valence-electron chi connectivity index (χ4n) is 3.89. The highest BCUT2D eigenvalue weighted by atomic mass is 35.5. The van der Waals surface area contributed by atoms with Gasteiger partial charge in [-0.1, -0.05) is 48.0 Å². The number of nitrogens with one attached hydrogen (secondary N) is 1. The van der Waals surface area contributed by atoms with Crippen LogP contribution in [0.1, 0.15) is 39.4 Å². The molecule has 3 aromatic rings. The van der Waals surface area contributed by atoms with Gasteiger partial charge in [0.25, 0.3) is 5.91 Å². The van der Waals surface area contributed by atoms with E-state index >= 15 is 0 Å². The van der Waals surface area contributed by atoms with Crippen molar-refractivity contribution in [3.8, 4) is 0 Å². The van der Waals surface area contributed by atoms with Gasteiger partial charge in [0.2, 0.25) is 0 Å². The zero-order chi connectivity index (χ0) is 20.9. The lowest BCUT2D eigenvalue weighted by atomic mass is 9.97. The number of benzene rings is 3. The summed E-state index contributed by atoms with van der Waals surface area (Å²) in [5.74, 6) is 0.202. The summed E-state index contributed by atoms with van der Waals surface area (Å²) in [5, 5.41) is 3.56. The summed E-state index contributed by atoms with van der Waals surface area (Å²) in [5.41, 5.74) is 4.14. The molecule has 1 heterocycles. The van der Waals surface area contributed by atoms with Crippen LogP contribution in [0.15, 0.2) is 72.8 Å². The van der Waals surface area contributed by atoms with E-state index < -0.39 is 0 Å². The smallest absolute Gasteiger partial charge is 0.251 e. The van der Waals surface area contributed by atoms with Gasteiger partial charge in [-0.3, -0.25) is 9.69 Å². The van der Waals surface area contributed by atoms with Crippen LogP contribution < -0.4 is 5.32 Å². The largest absolute Gasteiger partial charge is 0.348 e. The van der Waals surface area contributed by atoms with Gasteiger partial charge in [-0.05, 0) is 72.0 Å². The molecule has 1 saturated heterocycles. The van der Waals surface area contributed by atoms with E-state index in [1.807, 2.05) is 12.1 Å². The number of nitrogens with zero attached hydrogens (tertiary/aromatic N) is 1. The maximum atomic E-state index is 13.1. The number of likely N-dealkylation sites (tertiary alicyclic amines) is 1. The molecule has 4 rings (SSSR count). The Morgan fingerprint density at radius 1 is 0.967 bits per heavy atom. The summed E-state index contributed by atoms with van der Waals surface area (Å²) in [4.78, 5) is 14.6. The van der Waals surface area contributed by atoms with Crippen LogP contribution in [0.2, 0.25) is 5.02 Å². The third-order valence-electron chi connectivity index (χ3n) is 5.60. The second kappa shape index (κ2) is 9.41. The quantitative estimate of drug-likeness (QED) is 0.577. The van der Waals surface area contributed by atoms with Crippen molar-refractivity contribution in [1.82, 2.24) is 10.2 Å². The predicted octanol–water partition coefficient (Wildman–Crippen LogP) is 5.40. The molecule has 1 atom stereocenters. The summed E-state index contributed by atoms with van der Waals surface area (Å²) in [7, 11) is 0. The van der Waals surface area contributed by atoms with Crippen molar-refractivity contribution in [1.29, 1.82) is 0 Å². The molecule has 1 aliphatic heterocycles. The van der Waals surface area contributed by atoms with Gasteiger partial charge in [-0.2, -0.15) is 0 Å². The molecule has 1 aliphatic rings. The van der Waals surface area contributed by atoms with Gasteiger partial charge in [-0.25, -0.2) is 4.39 Å². The third-order valence-corrected chi connectivity index (χ3v) is 5.85. The Bertz CT molecular complexity index is 987. The number of carbonyl (C=O) groups is 1. The molecule has 1 fully saturated rings. The van der Waals surface area contributed by atoms with Crippen molar-refractivity contribution < 1.29 is 9.18 Å². The first-order valence-corrected chi connectivity index (χ1v) is 10.5. The number of hydrogen-bond donors (Lipinski definition) is 1. The monoisotopic (exact) mass is 422 g/mol. The Morgan fingerprint density at radius 2 is 1.63 bits per heavy atom. The normalized spacial score (nSPS) is 16.5. The number of hydrogen-bond acceptors (Lipinski definition) is 2. The molecule has 0 bridgehead atoms. The van der Waals surface area contributed by atoms with E-state index in [0.29, 0.717) is 23.0 Å². The number of halogens is 2. The fourth-order valence-corrected chi connectivity index (χ4v) is 4.02. The second-order valence-electron chi connectivity index (χ2n) is 7.78. The van der Waals surface area contributed by atoms with Crippen LogP contribution in [0.5, 0.6) is 0 Å². The minimum Gasteiger partial charge on any atom is -0.348 e. The summed E-state index contributed by atoms with van der Waals surface area (Å²) in [6, 6.07) is 22.1. The van der Waals surface area contributed by atoms with Gasteiger partial charge in [0.15, 0.2) is 0 Å². The van der Waals surface area contributed by atoms with Gasteiger partial charge >= 0.3 is 0 Å². The predicted molar refractivity (Wildman–Crippen MR) is 118 cm³/mol. The first-order chi connectivity index (χ1) is 14.6. The molecule has 30 heavy (non-hydrogen) atoms. The molecule has 0 spiro atoms. The SMILES string of the molecule is O=C(NCc1ccc(C2CCN(Cc3ccc(F)cc3)C2)cc1)c1ccc(Cl)cc1. The first kappa shape index (κ1) is 20.6. The van der Waals surface area contributed by atoms with Crippen molar-refractivity contribution in [3.63, 3.8) is 0 Å². The minimum atomic E-state index is -0.192. The highest BCUT2D eigenvalue weighted by Crippen LogP contribution is 2.28. The number of carbonyl (C=O) groups excluding carboxylic acids is 1. The molecule has 1 unspecified atom stereocenters. The van der Waals surface area contributed by atoms with Crippen molar-refractivity contribution in [2.24, 2.45) is 0 Å². The van der Waals surface area contributed by atoms with Crippen LogP contribution in [0.4, 0.5) is 4.39 Å². The van der Waals surface area contributed by atoms with E-state index in [0.717, 1.165) is 37.2 Å². The molecule has 3 aromatic carbocycles. The first-order valence-electron chi connectivity index (χ1n) is 10.2. The molecule has 0 aliphatic carbocycles. The minimum absolute atomic E-state index is 0.108. The number of rotatable bonds is 6. The average Bonchev–Trinajstić information content (AvgIpc) is 3.23. The van der Waals surface area contributed by atoms with E-state index in [-0.39, 0.29) is 11.7 Å². The highest BCUT2D eigenvalue weighted by Gasteiger charge is 2.23. The van der Waals surface area contributed by atoms with Gasteiger partial charge in [0, 0.05) is 30.2 Å². The van der Waals surface area contributed by atoms with Crippen LogP contribution in [-0.2, 0) is 13.1 Å². The topological polar surface area (TPSA) is 32.3 Å². The van der Waals surface area contributed by atoms with Crippen LogP contribution in [-0.4, -0.2) is 23.9 Å². The highest BCUT2D eigenvalue weighted by molar-refractivity contribution is 6.30. The van der Waals surface area contributed by atoms with Gasteiger partial charge in [0.1, 0.15) is 5.82 Å². The van der Waals surface area contributed by atoms with E-state index in [9.17, 15) is 9.18 Å². The Hall–Kier alpha value is -2.69.